The van der Waals surface area contributed by atoms with Gasteiger partial charge in [-0.15, -0.1) is 0 Å². The van der Waals surface area contributed by atoms with Crippen molar-refractivity contribution in [1.29, 1.82) is 0 Å². The summed E-state index contributed by atoms with van der Waals surface area (Å²) >= 11 is -4.91. The van der Waals surface area contributed by atoms with Crippen molar-refractivity contribution in [3.8, 4) is 0 Å². The van der Waals surface area contributed by atoms with Crippen LogP contribution in [0.1, 0.15) is 28.7 Å². The number of hydrogen-bond donors (Lipinski definition) is 3. The summed E-state index contributed by atoms with van der Waals surface area (Å²) in [6.07, 6.45) is 2.56. The first-order valence-corrected chi connectivity index (χ1v) is 11.1. The van der Waals surface area contributed by atoms with Gasteiger partial charge in [0.05, 0.1) is 0 Å². The van der Waals surface area contributed by atoms with Crippen LogP contribution in [0, 0.1) is 6.92 Å². The van der Waals surface area contributed by atoms with E-state index in [1.54, 1.807) is 18.3 Å². The summed E-state index contributed by atoms with van der Waals surface area (Å²) in [6, 6.07) is 9.09. The van der Waals surface area contributed by atoms with Crippen LogP contribution < -0.4 is 9.67 Å². The van der Waals surface area contributed by atoms with Crippen molar-refractivity contribution in [2.75, 3.05) is 5.32 Å². The minimum absolute atomic E-state index is 0.0290. The van der Waals surface area contributed by atoms with Gasteiger partial charge < -0.3 is 0 Å². The van der Waals surface area contributed by atoms with Crippen molar-refractivity contribution in [3.63, 3.8) is 0 Å². The molecule has 0 bridgehead atoms. The van der Waals surface area contributed by atoms with Gasteiger partial charge in [0.2, 0.25) is 0 Å². The normalized spacial score (nSPS) is 11.7. The SMILES string of the molecule is CCc1nc2ccc(C(=O)Nc3ccc([As](=O)(O)O)cc3)cn2c1C. The van der Waals surface area contributed by atoms with E-state index >= 15 is 0 Å². The van der Waals surface area contributed by atoms with E-state index in [0.717, 1.165) is 23.5 Å². The number of benzene rings is 1. The molecule has 0 unspecified atom stereocenters. The Bertz CT molecular complexity index is 989. The van der Waals surface area contributed by atoms with Gasteiger partial charge in [-0.3, -0.25) is 0 Å². The van der Waals surface area contributed by atoms with Gasteiger partial charge in [0.1, 0.15) is 0 Å². The first-order valence-electron chi connectivity index (χ1n) is 7.74. The fourth-order valence-corrected chi connectivity index (χ4v) is 3.75. The van der Waals surface area contributed by atoms with Crippen molar-refractivity contribution in [2.45, 2.75) is 20.3 Å². The molecule has 0 radical (unpaired) electrons. The zero-order valence-corrected chi connectivity index (χ0v) is 15.7. The van der Waals surface area contributed by atoms with Crippen molar-refractivity contribution < 1.29 is 16.7 Å². The molecule has 0 saturated heterocycles. The molecule has 7 nitrogen and oxygen atoms in total. The Hall–Kier alpha value is -2.34. The standard InChI is InChI=1S/C17H18AsN3O4/c1-3-15-11(2)21-10-12(4-9-16(21)20-15)17(22)19-14-7-5-13(6-8-14)18(23,24)25/h4-10H,3H2,1-2H3,(H,19,22)(H2,23,24,25). The van der Waals surface area contributed by atoms with Crippen molar-refractivity contribution in [1.82, 2.24) is 9.38 Å². The van der Waals surface area contributed by atoms with Gasteiger partial charge in [0.15, 0.2) is 0 Å². The van der Waals surface area contributed by atoms with E-state index in [1.165, 1.54) is 24.3 Å². The maximum atomic E-state index is 12.4. The molecule has 3 rings (SSSR count). The molecule has 8 heteroatoms. The topological polar surface area (TPSA) is 104 Å². The molecule has 0 saturated carbocycles. The summed E-state index contributed by atoms with van der Waals surface area (Å²) in [5.74, 6) is -0.303. The molecule has 2 heterocycles. The first kappa shape index (κ1) is 17.5. The van der Waals surface area contributed by atoms with E-state index in [-0.39, 0.29) is 10.3 Å². The molecule has 1 amide bonds. The molecule has 0 aliphatic rings. The average molecular weight is 403 g/mol. The van der Waals surface area contributed by atoms with Crippen molar-refractivity contribution in [3.05, 3.63) is 59.5 Å². The van der Waals surface area contributed by atoms with E-state index in [2.05, 4.69) is 10.3 Å². The zero-order valence-electron chi connectivity index (χ0n) is 13.8. The van der Waals surface area contributed by atoms with E-state index in [4.69, 9.17) is 8.19 Å². The zero-order chi connectivity index (χ0) is 18.2. The first-order chi connectivity index (χ1) is 11.8. The Morgan fingerprint density at radius 3 is 2.48 bits per heavy atom. The van der Waals surface area contributed by atoms with Gasteiger partial charge in [-0.05, 0) is 0 Å². The summed E-state index contributed by atoms with van der Waals surface area (Å²) in [4.78, 5) is 16.9. The molecular formula is C17H18AsN3O4. The number of anilines is 1. The molecule has 1 aromatic carbocycles. The summed E-state index contributed by atoms with van der Waals surface area (Å²) in [7, 11) is 0. The van der Waals surface area contributed by atoms with Crippen LogP contribution >= 0.6 is 0 Å². The Morgan fingerprint density at radius 1 is 1.20 bits per heavy atom. The van der Waals surface area contributed by atoms with Crippen LogP contribution in [-0.4, -0.2) is 37.7 Å². The summed E-state index contributed by atoms with van der Waals surface area (Å²) < 4.78 is 31.4. The van der Waals surface area contributed by atoms with Crippen LogP contribution in [0.15, 0.2) is 42.6 Å². The van der Waals surface area contributed by atoms with Gasteiger partial charge >= 0.3 is 140 Å². The maximum absolute atomic E-state index is 12.4. The second kappa shape index (κ2) is 6.52. The third-order valence-electron chi connectivity index (χ3n) is 4.01. The Kier molecular flexibility index (Phi) is 4.56. The molecule has 130 valence electrons. The molecule has 0 spiro atoms. The van der Waals surface area contributed by atoms with Crippen LogP contribution in [0.25, 0.3) is 5.65 Å². The number of nitrogens with one attached hydrogen (secondary N) is 1. The molecule has 3 N–H and O–H groups in total. The molecule has 0 fully saturated rings. The van der Waals surface area contributed by atoms with Crippen LogP contribution in [0.5, 0.6) is 0 Å². The van der Waals surface area contributed by atoms with Crippen LogP contribution in [0.2, 0.25) is 0 Å². The second-order valence-corrected chi connectivity index (χ2v) is 9.05. The van der Waals surface area contributed by atoms with Crippen LogP contribution in [0.3, 0.4) is 0 Å². The molecule has 0 aliphatic heterocycles. The number of hydrogen-bond acceptors (Lipinski definition) is 3. The quantitative estimate of drug-likeness (QED) is 0.565. The number of fused-ring (bicyclic) bond motifs is 1. The van der Waals surface area contributed by atoms with Crippen molar-refractivity contribution >= 4 is 35.8 Å². The number of rotatable bonds is 4. The summed E-state index contributed by atoms with van der Waals surface area (Å²) in [6.45, 7) is 3.99. The molecule has 2 aromatic heterocycles. The number of imidazole rings is 1. The number of carbonyl (C=O) groups excluding carboxylic acids is 1. The predicted molar refractivity (Wildman–Crippen MR) is 94.2 cm³/mol. The van der Waals surface area contributed by atoms with Gasteiger partial charge in [0.25, 0.3) is 0 Å². The fourth-order valence-electron chi connectivity index (χ4n) is 2.62. The summed E-state index contributed by atoms with van der Waals surface area (Å²) in [5.41, 5.74) is 3.72. The number of carbonyl (C=O) groups is 1. The van der Waals surface area contributed by atoms with Gasteiger partial charge in [0, 0.05) is 0 Å². The minimum atomic E-state index is -4.91. The fraction of sp³-hybridized carbons (Fsp3) is 0.176. The van der Waals surface area contributed by atoms with Gasteiger partial charge in [-0.1, -0.05) is 6.92 Å². The monoisotopic (exact) mass is 403 g/mol. The van der Waals surface area contributed by atoms with Crippen LogP contribution in [0.4, 0.5) is 5.69 Å². The van der Waals surface area contributed by atoms with E-state index in [0.29, 0.717) is 11.3 Å². The Morgan fingerprint density at radius 2 is 1.88 bits per heavy atom. The molecule has 0 aliphatic carbocycles. The van der Waals surface area contributed by atoms with Gasteiger partial charge in [-0.25, -0.2) is 0 Å². The number of pyridine rings is 1. The number of amides is 1. The second-order valence-electron chi connectivity index (χ2n) is 5.69. The number of aromatic nitrogens is 2. The Labute approximate surface area is 147 Å². The third kappa shape index (κ3) is 3.54. The van der Waals surface area contributed by atoms with E-state index in [9.17, 15) is 8.53 Å². The van der Waals surface area contributed by atoms with Crippen LogP contribution in [-0.2, 0) is 10.2 Å². The predicted octanol–water partition coefficient (Wildman–Crippen LogP) is 1.02. The number of nitrogens with zero attached hydrogens (tertiary/aromatic N) is 2. The molecule has 0 atom stereocenters. The molecule has 25 heavy (non-hydrogen) atoms. The van der Waals surface area contributed by atoms with E-state index in [1.807, 2.05) is 18.2 Å². The third-order valence-corrected chi connectivity index (χ3v) is 6.05. The molecular weight excluding hydrogens is 385 g/mol. The van der Waals surface area contributed by atoms with Crippen molar-refractivity contribution in [2.24, 2.45) is 0 Å². The van der Waals surface area contributed by atoms with Gasteiger partial charge in [-0.2, -0.15) is 0 Å². The average Bonchev–Trinajstić information content (AvgIpc) is 2.90. The van der Waals surface area contributed by atoms with E-state index < -0.39 is 14.2 Å². The molecule has 3 aromatic rings. The summed E-state index contributed by atoms with van der Waals surface area (Å²) in [5, 5.41) is 2.72. The Balaban J connectivity index is 1.84. The number of aryl methyl sites for hydroxylation is 2.